The lowest BCUT2D eigenvalue weighted by molar-refractivity contribution is -0.129. The first kappa shape index (κ1) is 6.88. The highest BCUT2D eigenvalue weighted by molar-refractivity contribution is 5.88. The van der Waals surface area contributed by atoms with Crippen molar-refractivity contribution >= 4 is 5.78 Å². The van der Waals surface area contributed by atoms with Crippen LogP contribution in [0.4, 0.5) is 0 Å². The van der Waals surface area contributed by atoms with Crippen molar-refractivity contribution in [1.82, 2.24) is 0 Å². The zero-order chi connectivity index (χ0) is 8.29. The summed E-state index contributed by atoms with van der Waals surface area (Å²) in [6, 6.07) is 0. The molecule has 1 heteroatoms. The van der Waals surface area contributed by atoms with Gasteiger partial charge in [0.25, 0.3) is 0 Å². The molecule has 4 rings (SSSR count). The summed E-state index contributed by atoms with van der Waals surface area (Å²) < 4.78 is 0. The lowest BCUT2D eigenvalue weighted by Crippen LogP contribution is -2.39. The van der Waals surface area contributed by atoms with Gasteiger partial charge < -0.3 is 0 Å². The van der Waals surface area contributed by atoms with Crippen LogP contribution in [0.15, 0.2) is 11.6 Å². The van der Waals surface area contributed by atoms with Gasteiger partial charge in [-0.25, -0.2) is 0 Å². The number of carbonyl (C=O) groups excluding carboxylic acids is 1. The van der Waals surface area contributed by atoms with Crippen LogP contribution in [0.3, 0.4) is 0 Å². The van der Waals surface area contributed by atoms with Crippen LogP contribution in [0.5, 0.6) is 0 Å². The molecule has 12 heavy (non-hydrogen) atoms. The Morgan fingerprint density at radius 2 is 2.25 bits per heavy atom. The molecule has 0 aromatic rings. The van der Waals surface area contributed by atoms with E-state index in [9.17, 15) is 4.79 Å². The largest absolute Gasteiger partial charge is 0.299 e. The number of allylic oxidation sites excluding steroid dienone is 2. The van der Waals surface area contributed by atoms with E-state index in [-0.39, 0.29) is 0 Å². The molecule has 1 nitrogen and oxygen atoms in total. The molecule has 4 atom stereocenters. The first-order valence-electron chi connectivity index (χ1n) is 4.99. The average molecular weight is 162 g/mol. The van der Waals surface area contributed by atoms with Crippen LogP contribution < -0.4 is 0 Å². The molecule has 0 unspecified atom stereocenters. The molecule has 2 saturated carbocycles. The number of Topliss-reactive ketones (excluding diaryl/α,β-unsaturated/α-hetero) is 1. The topological polar surface area (TPSA) is 17.1 Å². The van der Waals surface area contributed by atoms with Crippen LogP contribution >= 0.6 is 0 Å². The van der Waals surface area contributed by atoms with Crippen molar-refractivity contribution in [2.24, 2.45) is 23.7 Å². The van der Waals surface area contributed by atoms with Gasteiger partial charge in [-0.2, -0.15) is 0 Å². The Morgan fingerprint density at radius 3 is 3.00 bits per heavy atom. The van der Waals surface area contributed by atoms with E-state index in [1.807, 2.05) is 0 Å². The number of carbonyl (C=O) groups is 1. The van der Waals surface area contributed by atoms with E-state index in [0.717, 1.165) is 12.3 Å². The van der Waals surface area contributed by atoms with Gasteiger partial charge >= 0.3 is 0 Å². The summed E-state index contributed by atoms with van der Waals surface area (Å²) >= 11 is 0. The van der Waals surface area contributed by atoms with Crippen LogP contribution in [-0.2, 0) is 4.79 Å². The predicted molar refractivity (Wildman–Crippen MR) is 46.6 cm³/mol. The summed E-state index contributed by atoms with van der Waals surface area (Å²) in [4.78, 5) is 11.7. The monoisotopic (exact) mass is 162 g/mol. The Hall–Kier alpha value is -0.590. The van der Waals surface area contributed by atoms with Crippen LogP contribution in [0, 0.1) is 23.7 Å². The molecule has 0 amide bonds. The highest BCUT2D eigenvalue weighted by Crippen LogP contribution is 2.54. The van der Waals surface area contributed by atoms with E-state index in [1.54, 1.807) is 0 Å². The summed E-state index contributed by atoms with van der Waals surface area (Å²) in [7, 11) is 0. The predicted octanol–water partition coefficient (Wildman–Crippen LogP) is 2.18. The van der Waals surface area contributed by atoms with Gasteiger partial charge in [-0.05, 0) is 38.0 Å². The number of hydrogen-bond donors (Lipinski definition) is 0. The standard InChI is InChI=1S/C11H14O/c1-6-4-8-5-7-2-3-9(10(6)7)11(8)12/h4,7-10H,2-3,5H2,1H3/t7-,8-,9-,10+/m1/s1. The van der Waals surface area contributed by atoms with Crippen molar-refractivity contribution in [3.63, 3.8) is 0 Å². The van der Waals surface area contributed by atoms with E-state index in [4.69, 9.17) is 0 Å². The second-order valence-electron chi connectivity index (χ2n) is 4.62. The third-order valence-electron chi connectivity index (χ3n) is 4.07. The SMILES string of the molecule is CC1=C[C@@H]2C[C@H]3CC[C@@H](C2=O)[C@@H]13. The summed E-state index contributed by atoms with van der Waals surface area (Å²) in [5, 5.41) is 0. The summed E-state index contributed by atoms with van der Waals surface area (Å²) in [6.45, 7) is 2.22. The Balaban J connectivity index is 2.13. The van der Waals surface area contributed by atoms with Crippen LogP contribution in [-0.4, -0.2) is 5.78 Å². The van der Waals surface area contributed by atoms with Gasteiger partial charge in [0.05, 0.1) is 0 Å². The number of hydrogen-bond acceptors (Lipinski definition) is 1. The minimum Gasteiger partial charge on any atom is -0.299 e. The molecule has 4 aliphatic rings. The Bertz CT molecular complexity index is 277. The van der Waals surface area contributed by atoms with E-state index in [2.05, 4.69) is 13.0 Å². The third kappa shape index (κ3) is 0.634. The van der Waals surface area contributed by atoms with Crippen LogP contribution in [0.25, 0.3) is 0 Å². The van der Waals surface area contributed by atoms with E-state index in [1.165, 1.54) is 18.4 Å². The highest BCUT2D eigenvalue weighted by Gasteiger charge is 2.50. The van der Waals surface area contributed by atoms with Crippen LogP contribution in [0.2, 0.25) is 0 Å². The van der Waals surface area contributed by atoms with Crippen molar-refractivity contribution < 1.29 is 4.79 Å². The van der Waals surface area contributed by atoms with E-state index < -0.39 is 0 Å². The molecule has 0 heterocycles. The maximum absolute atomic E-state index is 11.7. The first-order chi connectivity index (χ1) is 5.77. The van der Waals surface area contributed by atoms with Gasteiger partial charge in [-0.3, -0.25) is 4.79 Å². The lowest BCUT2D eigenvalue weighted by Gasteiger charge is -2.39. The zero-order valence-corrected chi connectivity index (χ0v) is 7.42. The fourth-order valence-corrected chi connectivity index (χ4v) is 3.65. The molecular formula is C11H14O. The first-order valence-corrected chi connectivity index (χ1v) is 4.99. The minimum atomic E-state index is 0.312. The normalized spacial score (nSPS) is 49.8. The maximum Gasteiger partial charge on any atom is 0.143 e. The van der Waals surface area contributed by atoms with E-state index >= 15 is 0 Å². The molecule has 0 radical (unpaired) electrons. The summed E-state index contributed by atoms with van der Waals surface area (Å²) in [6.07, 6.45) is 5.88. The van der Waals surface area contributed by atoms with Gasteiger partial charge in [0.15, 0.2) is 0 Å². The van der Waals surface area contributed by atoms with Gasteiger partial charge in [-0.15, -0.1) is 0 Å². The molecular weight excluding hydrogens is 148 g/mol. The van der Waals surface area contributed by atoms with Crippen molar-refractivity contribution in [2.75, 3.05) is 0 Å². The second kappa shape index (κ2) is 2.01. The smallest absolute Gasteiger partial charge is 0.143 e. The molecule has 0 spiro atoms. The van der Waals surface area contributed by atoms with Gasteiger partial charge in [-0.1, -0.05) is 11.6 Å². The Labute approximate surface area is 72.8 Å². The summed E-state index contributed by atoms with van der Waals surface area (Å²) in [5.74, 6) is 2.82. The fraction of sp³-hybridized carbons (Fsp3) is 0.727. The molecule has 0 saturated heterocycles. The average Bonchev–Trinajstić information content (AvgIpc) is 2.40. The lowest BCUT2D eigenvalue weighted by atomic mass is 9.64. The minimum absolute atomic E-state index is 0.312. The summed E-state index contributed by atoms with van der Waals surface area (Å²) in [5.41, 5.74) is 1.51. The van der Waals surface area contributed by atoms with Gasteiger partial charge in [0, 0.05) is 11.8 Å². The number of rotatable bonds is 0. The molecule has 0 N–H and O–H groups in total. The molecule has 64 valence electrons. The van der Waals surface area contributed by atoms with Gasteiger partial charge in [0.1, 0.15) is 5.78 Å². The molecule has 0 aromatic carbocycles. The molecule has 4 bridgehead atoms. The Kier molecular flexibility index (Phi) is 1.15. The van der Waals surface area contributed by atoms with Gasteiger partial charge in [0.2, 0.25) is 0 Å². The number of ketones is 1. The van der Waals surface area contributed by atoms with E-state index in [0.29, 0.717) is 23.5 Å². The van der Waals surface area contributed by atoms with Crippen molar-refractivity contribution in [3.05, 3.63) is 11.6 Å². The van der Waals surface area contributed by atoms with Crippen LogP contribution in [0.1, 0.15) is 26.2 Å². The second-order valence-corrected chi connectivity index (χ2v) is 4.62. The molecule has 2 fully saturated rings. The van der Waals surface area contributed by atoms with Crippen molar-refractivity contribution in [1.29, 1.82) is 0 Å². The zero-order valence-electron chi connectivity index (χ0n) is 7.42. The van der Waals surface area contributed by atoms with Crippen molar-refractivity contribution in [3.8, 4) is 0 Å². The quantitative estimate of drug-likeness (QED) is 0.499. The third-order valence-corrected chi connectivity index (χ3v) is 4.07. The van der Waals surface area contributed by atoms with Crippen molar-refractivity contribution in [2.45, 2.75) is 26.2 Å². The molecule has 0 aliphatic heterocycles. The Morgan fingerprint density at radius 1 is 1.42 bits per heavy atom. The highest BCUT2D eigenvalue weighted by atomic mass is 16.1. The fourth-order valence-electron chi connectivity index (χ4n) is 3.65. The molecule has 4 aliphatic carbocycles. The molecule has 0 aromatic heterocycles. The maximum atomic E-state index is 11.7.